The van der Waals surface area contributed by atoms with Crippen molar-refractivity contribution in [1.82, 2.24) is 14.8 Å². The molecule has 152 valence electrons. The third-order valence-electron chi connectivity index (χ3n) is 4.06. The van der Waals surface area contributed by atoms with Gasteiger partial charge in [0.2, 0.25) is 5.91 Å². The fourth-order valence-corrected chi connectivity index (χ4v) is 3.13. The van der Waals surface area contributed by atoms with E-state index in [9.17, 15) is 4.79 Å². The molecule has 0 aliphatic rings. The molecular weight excluding hydrogens is 385 g/mol. The molecule has 0 atom stereocenters. The van der Waals surface area contributed by atoms with E-state index in [1.165, 1.54) is 11.9 Å². The molecule has 1 aromatic carbocycles. The van der Waals surface area contributed by atoms with Gasteiger partial charge >= 0.3 is 0 Å². The third-order valence-corrected chi connectivity index (χ3v) is 4.80. The molecule has 0 aromatic heterocycles. The van der Waals surface area contributed by atoms with Crippen LogP contribution in [0.25, 0.3) is 0 Å². The van der Waals surface area contributed by atoms with Crippen molar-refractivity contribution in [1.29, 1.82) is 0 Å². The Morgan fingerprint density at radius 1 is 1.07 bits per heavy atom. The summed E-state index contributed by atoms with van der Waals surface area (Å²) in [5, 5.41) is 2.39. The molecule has 0 heterocycles. The summed E-state index contributed by atoms with van der Waals surface area (Å²) in [6, 6.07) is 5.32. The van der Waals surface area contributed by atoms with Gasteiger partial charge in [-0.2, -0.15) is 0 Å². The number of nitrogens with zero attached hydrogens (tertiary/aromatic N) is 3. The predicted molar refractivity (Wildman–Crippen MR) is 113 cm³/mol. The number of nitrogens with two attached hydrogens (primary N) is 2. The average Bonchev–Trinajstić information content (AvgIpc) is 2.58. The van der Waals surface area contributed by atoms with Crippen molar-refractivity contribution in [3.8, 4) is 0 Å². The maximum absolute atomic E-state index is 12.0. The average molecular weight is 416 g/mol. The number of halogens is 2. The molecule has 1 amide bonds. The highest BCUT2D eigenvalue weighted by atomic mass is 35.5. The van der Waals surface area contributed by atoms with Crippen molar-refractivity contribution in [2.24, 2.45) is 11.6 Å². The standard InChI is InChI=1S/C19H31Cl2N5O/c1-4-8-24(9-5-2)10-11-26(15(3)27)19(22)14-25(23)13-16-6-7-17(20)18(21)12-16/h6-7,12,14H,4-5,8-11,13,22-23H2,1-3H3/b19-14+. The van der Waals surface area contributed by atoms with Crippen molar-refractivity contribution in [2.45, 2.75) is 40.2 Å². The monoisotopic (exact) mass is 415 g/mol. The summed E-state index contributed by atoms with van der Waals surface area (Å²) in [5.41, 5.74) is 7.03. The third kappa shape index (κ3) is 8.39. The van der Waals surface area contributed by atoms with E-state index in [1.807, 2.05) is 6.07 Å². The number of hydrazine groups is 1. The maximum atomic E-state index is 12.0. The number of carbonyl (C=O) groups is 1. The second kappa shape index (κ2) is 12.1. The zero-order chi connectivity index (χ0) is 20.4. The van der Waals surface area contributed by atoms with E-state index < -0.39 is 0 Å². The molecule has 0 aliphatic carbocycles. The molecule has 8 heteroatoms. The first-order chi connectivity index (χ1) is 12.8. The van der Waals surface area contributed by atoms with Gasteiger partial charge in [0.05, 0.1) is 22.8 Å². The molecule has 1 aromatic rings. The summed E-state index contributed by atoms with van der Waals surface area (Å²) < 4.78 is 0. The van der Waals surface area contributed by atoms with Crippen LogP contribution in [0.3, 0.4) is 0 Å². The van der Waals surface area contributed by atoms with Crippen molar-refractivity contribution in [2.75, 3.05) is 26.2 Å². The number of hydrogen-bond donors (Lipinski definition) is 2. The molecule has 0 saturated carbocycles. The number of hydrogen-bond acceptors (Lipinski definition) is 5. The summed E-state index contributed by atoms with van der Waals surface area (Å²) in [4.78, 5) is 15.9. The van der Waals surface area contributed by atoms with Crippen molar-refractivity contribution < 1.29 is 4.79 Å². The smallest absolute Gasteiger partial charge is 0.225 e. The minimum Gasteiger partial charge on any atom is -0.384 e. The number of carbonyl (C=O) groups excluding carboxylic acids is 1. The van der Waals surface area contributed by atoms with E-state index in [2.05, 4.69) is 18.7 Å². The molecule has 0 aliphatic heterocycles. The molecule has 1 rings (SSSR count). The molecule has 27 heavy (non-hydrogen) atoms. The zero-order valence-electron chi connectivity index (χ0n) is 16.4. The van der Waals surface area contributed by atoms with Crippen LogP contribution in [0.4, 0.5) is 0 Å². The highest BCUT2D eigenvalue weighted by Gasteiger charge is 2.14. The lowest BCUT2D eigenvalue weighted by atomic mass is 10.2. The summed E-state index contributed by atoms with van der Waals surface area (Å²) in [6.45, 7) is 9.49. The van der Waals surface area contributed by atoms with E-state index in [-0.39, 0.29) is 5.91 Å². The number of rotatable bonds is 11. The number of benzene rings is 1. The van der Waals surface area contributed by atoms with Gasteiger partial charge < -0.3 is 15.6 Å². The molecule has 0 fully saturated rings. The lowest BCUT2D eigenvalue weighted by Crippen LogP contribution is -2.41. The molecule has 0 unspecified atom stereocenters. The van der Waals surface area contributed by atoms with Crippen LogP contribution < -0.4 is 11.6 Å². The van der Waals surface area contributed by atoms with Crippen LogP contribution in [0.5, 0.6) is 0 Å². The van der Waals surface area contributed by atoms with Gasteiger partial charge in [-0.3, -0.25) is 9.69 Å². The normalized spacial score (nSPS) is 11.7. The zero-order valence-corrected chi connectivity index (χ0v) is 17.9. The molecule has 0 bridgehead atoms. The van der Waals surface area contributed by atoms with Crippen LogP contribution in [0, 0.1) is 0 Å². The highest BCUT2D eigenvalue weighted by Crippen LogP contribution is 2.23. The minimum absolute atomic E-state index is 0.111. The molecular formula is C19H31Cl2N5O. The van der Waals surface area contributed by atoms with E-state index in [1.54, 1.807) is 23.2 Å². The topological polar surface area (TPSA) is 78.8 Å². The Bertz CT molecular complexity index is 633. The van der Waals surface area contributed by atoms with Gasteiger partial charge in [0.15, 0.2) is 0 Å². The molecule has 0 radical (unpaired) electrons. The number of amides is 1. The summed E-state index contributed by atoms with van der Waals surface area (Å²) >= 11 is 12.0. The van der Waals surface area contributed by atoms with E-state index in [0.717, 1.165) is 38.0 Å². The van der Waals surface area contributed by atoms with Crippen LogP contribution in [0.1, 0.15) is 39.2 Å². The first-order valence-electron chi connectivity index (χ1n) is 9.21. The fraction of sp³-hybridized carbons (Fsp3) is 0.526. The molecule has 6 nitrogen and oxygen atoms in total. The van der Waals surface area contributed by atoms with Crippen molar-refractivity contribution >= 4 is 29.1 Å². The Kier molecular flexibility index (Phi) is 10.5. The largest absolute Gasteiger partial charge is 0.384 e. The van der Waals surface area contributed by atoms with Gasteiger partial charge in [0, 0.05) is 20.0 Å². The van der Waals surface area contributed by atoms with Crippen LogP contribution in [0.15, 0.2) is 30.2 Å². The summed E-state index contributed by atoms with van der Waals surface area (Å²) in [5.74, 6) is 6.24. The lowest BCUT2D eigenvalue weighted by Gasteiger charge is -2.27. The minimum atomic E-state index is -0.111. The fourth-order valence-electron chi connectivity index (χ4n) is 2.81. The van der Waals surface area contributed by atoms with Gasteiger partial charge in [-0.15, -0.1) is 0 Å². The van der Waals surface area contributed by atoms with Gasteiger partial charge in [-0.25, -0.2) is 5.84 Å². The quantitative estimate of drug-likeness (QED) is 0.427. The Hall–Kier alpha value is -1.47. The summed E-state index contributed by atoms with van der Waals surface area (Å²) in [6.07, 6.45) is 3.71. The maximum Gasteiger partial charge on any atom is 0.225 e. The van der Waals surface area contributed by atoms with Crippen LogP contribution in [-0.2, 0) is 11.3 Å². The van der Waals surface area contributed by atoms with Crippen molar-refractivity contribution in [3.63, 3.8) is 0 Å². The Balaban J connectivity index is 2.75. The first kappa shape index (κ1) is 23.6. The van der Waals surface area contributed by atoms with Gasteiger partial charge in [-0.05, 0) is 43.6 Å². The van der Waals surface area contributed by atoms with E-state index >= 15 is 0 Å². The SMILES string of the molecule is CCCN(CCC)CCN(C(C)=O)/C(N)=C/N(N)Cc1ccc(Cl)c(Cl)c1. The first-order valence-corrected chi connectivity index (χ1v) is 9.97. The van der Waals surface area contributed by atoms with Gasteiger partial charge in [0.25, 0.3) is 0 Å². The van der Waals surface area contributed by atoms with E-state index in [0.29, 0.717) is 29.0 Å². The van der Waals surface area contributed by atoms with Crippen LogP contribution >= 0.6 is 23.2 Å². The van der Waals surface area contributed by atoms with Crippen LogP contribution in [0.2, 0.25) is 10.0 Å². The van der Waals surface area contributed by atoms with Crippen LogP contribution in [-0.4, -0.2) is 46.9 Å². The molecule has 0 spiro atoms. The molecule has 4 N–H and O–H groups in total. The van der Waals surface area contributed by atoms with Gasteiger partial charge in [0.1, 0.15) is 5.82 Å². The second-order valence-electron chi connectivity index (χ2n) is 6.49. The summed E-state index contributed by atoms with van der Waals surface area (Å²) in [7, 11) is 0. The Morgan fingerprint density at radius 3 is 2.22 bits per heavy atom. The predicted octanol–water partition coefficient (Wildman–Crippen LogP) is 3.40. The molecule has 0 saturated heterocycles. The van der Waals surface area contributed by atoms with E-state index in [4.69, 9.17) is 34.8 Å². The van der Waals surface area contributed by atoms with Crippen molar-refractivity contribution in [3.05, 3.63) is 45.8 Å². The highest BCUT2D eigenvalue weighted by molar-refractivity contribution is 6.42. The van der Waals surface area contributed by atoms with Gasteiger partial charge in [-0.1, -0.05) is 43.1 Å². The Morgan fingerprint density at radius 2 is 1.70 bits per heavy atom. The second-order valence-corrected chi connectivity index (χ2v) is 7.30. The Labute approximate surface area is 172 Å². The lowest BCUT2D eigenvalue weighted by molar-refractivity contribution is -0.127.